The van der Waals surface area contributed by atoms with E-state index in [9.17, 15) is 22.8 Å². The van der Waals surface area contributed by atoms with Crippen molar-refractivity contribution < 1.29 is 22.8 Å². The van der Waals surface area contributed by atoms with Crippen LogP contribution in [-0.4, -0.2) is 40.5 Å². The number of primary amides is 1. The van der Waals surface area contributed by atoms with Crippen LogP contribution >= 0.6 is 11.8 Å². The monoisotopic (exact) mass is 347 g/mol. The van der Waals surface area contributed by atoms with E-state index in [2.05, 4.69) is 4.98 Å². The number of carbonyl (C=O) groups is 2. The summed E-state index contributed by atoms with van der Waals surface area (Å²) in [5, 5.41) is 0.342. The maximum Gasteiger partial charge on any atom is 0.417 e. The molecule has 5 nitrogen and oxygen atoms in total. The van der Waals surface area contributed by atoms with Crippen molar-refractivity contribution in [2.75, 3.05) is 18.8 Å². The number of thioether (sulfide) groups is 1. The number of nitrogens with zero attached hydrogens (tertiary/aromatic N) is 2. The van der Waals surface area contributed by atoms with Gasteiger partial charge in [-0.15, -0.1) is 0 Å². The molecule has 0 bridgehead atoms. The summed E-state index contributed by atoms with van der Waals surface area (Å²) in [5.41, 5.74) is 4.43. The Balaban J connectivity index is 1.88. The van der Waals surface area contributed by atoms with E-state index in [0.717, 1.165) is 24.0 Å². The van der Waals surface area contributed by atoms with E-state index in [1.54, 1.807) is 4.90 Å². The number of aromatic nitrogens is 1. The van der Waals surface area contributed by atoms with Crippen LogP contribution in [0.5, 0.6) is 0 Å². The lowest BCUT2D eigenvalue weighted by molar-refractivity contribution is -0.138. The molecule has 0 aliphatic carbocycles. The Hall–Kier alpha value is -1.77. The third kappa shape index (κ3) is 4.85. The molecule has 2 amide bonds. The molecule has 9 heteroatoms. The minimum atomic E-state index is -4.43. The van der Waals surface area contributed by atoms with E-state index in [1.165, 1.54) is 6.07 Å². The smallest absolute Gasteiger partial charge is 0.369 e. The first kappa shape index (κ1) is 17.6. The molecule has 1 saturated heterocycles. The number of piperidine rings is 1. The molecule has 0 aromatic carbocycles. The predicted molar refractivity (Wildman–Crippen MR) is 78.5 cm³/mol. The lowest BCUT2D eigenvalue weighted by Crippen LogP contribution is -2.44. The number of hydrogen-bond acceptors (Lipinski definition) is 4. The van der Waals surface area contributed by atoms with Crippen LogP contribution in [0.2, 0.25) is 0 Å². The van der Waals surface area contributed by atoms with Gasteiger partial charge in [-0.1, -0.05) is 11.8 Å². The zero-order valence-electron chi connectivity index (χ0n) is 12.2. The SMILES string of the molecule is NC(=O)C1CCCN(C(=O)CSc2ccc(C(F)(F)F)cn2)C1. The molecule has 1 fully saturated rings. The number of nitrogens with two attached hydrogens (primary N) is 1. The molecule has 0 saturated carbocycles. The summed E-state index contributed by atoms with van der Waals surface area (Å²) in [6, 6.07) is 2.17. The van der Waals surface area contributed by atoms with Crippen molar-refractivity contribution in [3.8, 4) is 0 Å². The van der Waals surface area contributed by atoms with Gasteiger partial charge in [-0.25, -0.2) is 4.98 Å². The minimum absolute atomic E-state index is 0.0594. The van der Waals surface area contributed by atoms with Crippen molar-refractivity contribution in [2.24, 2.45) is 11.7 Å². The first-order valence-electron chi connectivity index (χ1n) is 7.00. The lowest BCUT2D eigenvalue weighted by Gasteiger charge is -2.31. The maximum absolute atomic E-state index is 12.4. The Morgan fingerprint density at radius 2 is 2.13 bits per heavy atom. The zero-order valence-corrected chi connectivity index (χ0v) is 13.0. The molecule has 0 spiro atoms. The summed E-state index contributed by atoms with van der Waals surface area (Å²) in [7, 11) is 0. The van der Waals surface area contributed by atoms with Crippen LogP contribution in [0.4, 0.5) is 13.2 Å². The summed E-state index contributed by atoms with van der Waals surface area (Å²) < 4.78 is 37.3. The van der Waals surface area contributed by atoms with E-state index in [0.29, 0.717) is 31.0 Å². The fourth-order valence-electron chi connectivity index (χ4n) is 2.30. The van der Waals surface area contributed by atoms with Crippen LogP contribution < -0.4 is 5.73 Å². The number of halogens is 3. The molecule has 1 aliphatic heterocycles. The molecule has 1 atom stereocenters. The lowest BCUT2D eigenvalue weighted by atomic mass is 9.97. The van der Waals surface area contributed by atoms with Crippen LogP contribution in [-0.2, 0) is 15.8 Å². The Bertz CT molecular complexity index is 578. The fourth-order valence-corrected chi connectivity index (χ4v) is 3.04. The number of pyridine rings is 1. The van der Waals surface area contributed by atoms with E-state index in [1.807, 2.05) is 0 Å². The van der Waals surface area contributed by atoms with Gasteiger partial charge in [0.05, 0.1) is 22.3 Å². The Morgan fingerprint density at radius 3 is 2.70 bits per heavy atom. The largest absolute Gasteiger partial charge is 0.417 e. The average Bonchev–Trinajstić information content (AvgIpc) is 2.52. The van der Waals surface area contributed by atoms with Crippen molar-refractivity contribution in [1.29, 1.82) is 0 Å². The molecule has 2 N–H and O–H groups in total. The van der Waals surface area contributed by atoms with Crippen LogP contribution in [0.3, 0.4) is 0 Å². The third-order valence-electron chi connectivity index (χ3n) is 3.58. The van der Waals surface area contributed by atoms with Gasteiger partial charge in [-0.2, -0.15) is 13.2 Å². The number of likely N-dealkylation sites (tertiary alicyclic amines) is 1. The zero-order chi connectivity index (χ0) is 17.0. The number of hydrogen-bond donors (Lipinski definition) is 1. The van der Waals surface area contributed by atoms with Gasteiger partial charge in [-0.3, -0.25) is 9.59 Å². The molecule has 2 rings (SSSR count). The standard InChI is InChI=1S/C14H16F3N3O2S/c15-14(16,17)10-3-4-11(19-6-10)23-8-12(21)20-5-1-2-9(7-20)13(18)22/h3-4,6,9H,1-2,5,7-8H2,(H2,18,22). The summed E-state index contributed by atoms with van der Waals surface area (Å²) in [4.78, 5) is 28.6. The number of carbonyl (C=O) groups excluding carboxylic acids is 2. The van der Waals surface area contributed by atoms with Crippen LogP contribution in [0.1, 0.15) is 18.4 Å². The van der Waals surface area contributed by atoms with Crippen molar-refractivity contribution in [2.45, 2.75) is 24.0 Å². The van der Waals surface area contributed by atoms with Gasteiger partial charge in [0.2, 0.25) is 11.8 Å². The minimum Gasteiger partial charge on any atom is -0.369 e. The molecule has 126 valence electrons. The summed E-state index contributed by atoms with van der Waals surface area (Å²) in [5.74, 6) is -0.867. The molecule has 1 aromatic heterocycles. The molecular weight excluding hydrogens is 331 g/mol. The van der Waals surface area contributed by atoms with E-state index in [4.69, 9.17) is 5.73 Å². The van der Waals surface area contributed by atoms with E-state index in [-0.39, 0.29) is 17.6 Å². The topological polar surface area (TPSA) is 76.3 Å². The molecule has 23 heavy (non-hydrogen) atoms. The van der Waals surface area contributed by atoms with Gasteiger partial charge >= 0.3 is 6.18 Å². The Kier molecular flexibility index (Phi) is 5.51. The average molecular weight is 347 g/mol. The normalized spacial score (nSPS) is 18.7. The summed E-state index contributed by atoms with van der Waals surface area (Å²) in [6.45, 7) is 0.860. The first-order valence-corrected chi connectivity index (χ1v) is 7.99. The van der Waals surface area contributed by atoms with Crippen LogP contribution in [0.25, 0.3) is 0 Å². The first-order chi connectivity index (χ1) is 10.8. The van der Waals surface area contributed by atoms with Gasteiger partial charge < -0.3 is 10.6 Å². The second kappa shape index (κ2) is 7.20. The highest BCUT2D eigenvalue weighted by molar-refractivity contribution is 7.99. The second-order valence-corrected chi connectivity index (χ2v) is 6.25. The quantitative estimate of drug-likeness (QED) is 0.844. The van der Waals surface area contributed by atoms with E-state index >= 15 is 0 Å². The highest BCUT2D eigenvalue weighted by Crippen LogP contribution is 2.29. The third-order valence-corrected chi connectivity index (χ3v) is 4.51. The summed E-state index contributed by atoms with van der Waals surface area (Å²) >= 11 is 1.07. The molecule has 1 aromatic rings. The Labute approximate surface area is 135 Å². The second-order valence-electron chi connectivity index (χ2n) is 5.25. The number of amides is 2. The van der Waals surface area contributed by atoms with Gasteiger partial charge in [0.25, 0.3) is 0 Å². The fraction of sp³-hybridized carbons (Fsp3) is 0.500. The molecule has 1 unspecified atom stereocenters. The highest BCUT2D eigenvalue weighted by atomic mass is 32.2. The number of alkyl halides is 3. The van der Waals surface area contributed by atoms with Crippen molar-refractivity contribution in [3.63, 3.8) is 0 Å². The molecule has 2 heterocycles. The van der Waals surface area contributed by atoms with Crippen LogP contribution in [0.15, 0.2) is 23.4 Å². The van der Waals surface area contributed by atoms with Gasteiger partial charge in [0.1, 0.15) is 0 Å². The molecule has 0 radical (unpaired) electrons. The van der Waals surface area contributed by atoms with Crippen molar-refractivity contribution >= 4 is 23.6 Å². The van der Waals surface area contributed by atoms with Crippen molar-refractivity contribution in [1.82, 2.24) is 9.88 Å². The van der Waals surface area contributed by atoms with Crippen LogP contribution in [0, 0.1) is 5.92 Å². The van der Waals surface area contributed by atoms with Gasteiger partial charge in [0, 0.05) is 19.3 Å². The number of rotatable bonds is 4. The van der Waals surface area contributed by atoms with Gasteiger partial charge in [-0.05, 0) is 25.0 Å². The molecular formula is C14H16F3N3O2S. The Morgan fingerprint density at radius 1 is 1.39 bits per heavy atom. The molecule has 1 aliphatic rings. The maximum atomic E-state index is 12.4. The van der Waals surface area contributed by atoms with Crippen molar-refractivity contribution in [3.05, 3.63) is 23.9 Å². The highest BCUT2D eigenvalue weighted by Gasteiger charge is 2.31. The van der Waals surface area contributed by atoms with Gasteiger partial charge in [0.15, 0.2) is 0 Å². The predicted octanol–water partition coefficient (Wildman–Crippen LogP) is 1.92. The summed E-state index contributed by atoms with van der Waals surface area (Å²) in [6.07, 6.45) is -2.30. The van der Waals surface area contributed by atoms with E-state index < -0.39 is 17.6 Å².